The van der Waals surface area contributed by atoms with Crippen molar-refractivity contribution in [1.29, 1.82) is 0 Å². The van der Waals surface area contributed by atoms with Gasteiger partial charge in [0, 0.05) is 29.3 Å². The molecular formula is C15H22ClN3O. The highest BCUT2D eigenvalue weighted by Gasteiger charge is 2.30. The Labute approximate surface area is 125 Å². The Balaban J connectivity index is 2.17. The maximum Gasteiger partial charge on any atom is 0.250 e. The lowest BCUT2D eigenvalue weighted by Gasteiger charge is -2.40. The lowest BCUT2D eigenvalue weighted by Crippen LogP contribution is -2.47. The second kappa shape index (κ2) is 5.62. The zero-order valence-electron chi connectivity index (χ0n) is 12.0. The van der Waals surface area contributed by atoms with Crippen LogP contribution in [0.15, 0.2) is 18.2 Å². The Morgan fingerprint density at radius 1 is 1.35 bits per heavy atom. The number of primary amides is 1. The maximum atomic E-state index is 11.6. The van der Waals surface area contributed by atoms with E-state index >= 15 is 0 Å². The summed E-state index contributed by atoms with van der Waals surface area (Å²) in [6, 6.07) is 5.30. The molecule has 1 aromatic carbocycles. The second-order valence-corrected chi connectivity index (χ2v) is 6.54. The minimum Gasteiger partial charge on any atom is -0.371 e. The highest BCUT2D eigenvalue weighted by molar-refractivity contribution is 6.31. The molecular weight excluding hydrogens is 274 g/mol. The molecule has 4 N–H and O–H groups in total. The van der Waals surface area contributed by atoms with Crippen molar-refractivity contribution in [3.8, 4) is 0 Å². The summed E-state index contributed by atoms with van der Waals surface area (Å²) in [7, 11) is 0. The van der Waals surface area contributed by atoms with E-state index in [0.29, 0.717) is 16.5 Å². The summed E-state index contributed by atoms with van der Waals surface area (Å²) < 4.78 is 0. The topological polar surface area (TPSA) is 72.3 Å². The first kappa shape index (κ1) is 15.1. The number of hydrogen-bond donors (Lipinski definition) is 2. The van der Waals surface area contributed by atoms with Gasteiger partial charge in [0.1, 0.15) is 0 Å². The van der Waals surface area contributed by atoms with Crippen molar-refractivity contribution in [2.75, 3.05) is 18.0 Å². The minimum absolute atomic E-state index is 0.154. The van der Waals surface area contributed by atoms with E-state index in [1.165, 1.54) is 0 Å². The molecule has 1 heterocycles. The van der Waals surface area contributed by atoms with Gasteiger partial charge in [-0.2, -0.15) is 0 Å². The molecule has 20 heavy (non-hydrogen) atoms. The monoisotopic (exact) mass is 295 g/mol. The third kappa shape index (κ3) is 3.25. The van der Waals surface area contributed by atoms with Gasteiger partial charge in [-0.25, -0.2) is 0 Å². The molecule has 0 unspecified atom stereocenters. The van der Waals surface area contributed by atoms with Crippen LogP contribution in [0.2, 0.25) is 5.02 Å². The summed E-state index contributed by atoms with van der Waals surface area (Å²) >= 11 is 5.94. The van der Waals surface area contributed by atoms with Gasteiger partial charge in [0.15, 0.2) is 0 Å². The number of nitrogens with two attached hydrogens (primary N) is 2. The molecule has 1 aliphatic rings. The summed E-state index contributed by atoms with van der Waals surface area (Å²) in [6.45, 7) is 5.91. The van der Waals surface area contributed by atoms with Crippen LogP contribution in [0, 0.1) is 5.92 Å². The van der Waals surface area contributed by atoms with Gasteiger partial charge in [-0.05, 0) is 50.8 Å². The Morgan fingerprint density at radius 2 is 1.95 bits per heavy atom. The zero-order valence-corrected chi connectivity index (χ0v) is 12.8. The predicted molar refractivity (Wildman–Crippen MR) is 83.2 cm³/mol. The van der Waals surface area contributed by atoms with Crippen LogP contribution in [-0.2, 0) is 0 Å². The molecule has 110 valence electrons. The summed E-state index contributed by atoms with van der Waals surface area (Å²) in [5.41, 5.74) is 12.8. The Kier molecular flexibility index (Phi) is 4.25. The number of carbonyl (C=O) groups excluding carboxylic acids is 1. The van der Waals surface area contributed by atoms with Crippen LogP contribution in [-0.4, -0.2) is 24.5 Å². The number of piperidine rings is 1. The van der Waals surface area contributed by atoms with Gasteiger partial charge in [-0.3, -0.25) is 4.79 Å². The number of amides is 1. The highest BCUT2D eigenvalue weighted by atomic mass is 35.5. The average molecular weight is 296 g/mol. The van der Waals surface area contributed by atoms with E-state index in [9.17, 15) is 4.79 Å². The van der Waals surface area contributed by atoms with Gasteiger partial charge in [0.25, 0.3) is 5.91 Å². The van der Waals surface area contributed by atoms with Crippen LogP contribution in [0.5, 0.6) is 0 Å². The smallest absolute Gasteiger partial charge is 0.250 e. The number of halogens is 1. The molecule has 5 heteroatoms. The first-order valence-corrected chi connectivity index (χ1v) is 7.30. The van der Waals surface area contributed by atoms with Crippen molar-refractivity contribution in [3.63, 3.8) is 0 Å². The lowest BCUT2D eigenvalue weighted by atomic mass is 9.81. The number of anilines is 1. The van der Waals surface area contributed by atoms with Crippen LogP contribution < -0.4 is 16.4 Å². The van der Waals surface area contributed by atoms with Gasteiger partial charge < -0.3 is 16.4 Å². The van der Waals surface area contributed by atoms with E-state index in [2.05, 4.69) is 18.7 Å². The molecule has 1 amide bonds. The Bertz CT molecular complexity index is 502. The summed E-state index contributed by atoms with van der Waals surface area (Å²) in [6.07, 6.45) is 2.04. The van der Waals surface area contributed by atoms with Crippen LogP contribution in [0.25, 0.3) is 0 Å². The van der Waals surface area contributed by atoms with Crippen LogP contribution in [0.4, 0.5) is 5.69 Å². The van der Waals surface area contributed by atoms with Crippen molar-refractivity contribution in [3.05, 3.63) is 28.8 Å². The fourth-order valence-corrected chi connectivity index (χ4v) is 3.02. The number of nitrogens with zero attached hydrogens (tertiary/aromatic N) is 1. The molecule has 0 spiro atoms. The van der Waals surface area contributed by atoms with Crippen molar-refractivity contribution >= 4 is 23.2 Å². The Morgan fingerprint density at radius 3 is 2.45 bits per heavy atom. The van der Waals surface area contributed by atoms with Crippen LogP contribution in [0.3, 0.4) is 0 Å². The summed E-state index contributed by atoms with van der Waals surface area (Å²) in [5.74, 6) is 0.0619. The molecule has 2 rings (SSSR count). The van der Waals surface area contributed by atoms with Crippen molar-refractivity contribution in [2.45, 2.75) is 32.2 Å². The van der Waals surface area contributed by atoms with E-state index in [1.54, 1.807) is 12.1 Å². The summed E-state index contributed by atoms with van der Waals surface area (Å²) in [5, 5.41) is 0.528. The molecule has 1 aromatic rings. The molecule has 1 saturated heterocycles. The third-order valence-corrected chi connectivity index (χ3v) is 4.35. The van der Waals surface area contributed by atoms with Crippen LogP contribution in [0.1, 0.15) is 37.0 Å². The predicted octanol–water partition coefficient (Wildman–Crippen LogP) is 2.39. The van der Waals surface area contributed by atoms with E-state index in [4.69, 9.17) is 23.1 Å². The molecule has 0 aliphatic carbocycles. The van der Waals surface area contributed by atoms with E-state index in [1.807, 2.05) is 6.07 Å². The maximum absolute atomic E-state index is 11.6. The van der Waals surface area contributed by atoms with Crippen molar-refractivity contribution in [1.82, 2.24) is 0 Å². The van der Waals surface area contributed by atoms with Gasteiger partial charge in [-0.1, -0.05) is 11.6 Å². The van der Waals surface area contributed by atoms with Gasteiger partial charge in [0.05, 0.1) is 5.56 Å². The third-order valence-electron chi connectivity index (χ3n) is 4.11. The fraction of sp³-hybridized carbons (Fsp3) is 0.533. The van der Waals surface area contributed by atoms with Gasteiger partial charge in [-0.15, -0.1) is 0 Å². The van der Waals surface area contributed by atoms with Crippen molar-refractivity contribution < 1.29 is 4.79 Å². The van der Waals surface area contributed by atoms with E-state index in [-0.39, 0.29) is 5.54 Å². The largest absolute Gasteiger partial charge is 0.371 e. The molecule has 1 aliphatic heterocycles. The minimum atomic E-state index is -0.441. The molecule has 0 radical (unpaired) electrons. The molecule has 0 bridgehead atoms. The average Bonchev–Trinajstić information content (AvgIpc) is 2.37. The van der Waals surface area contributed by atoms with E-state index in [0.717, 1.165) is 31.6 Å². The molecule has 0 aromatic heterocycles. The molecule has 0 atom stereocenters. The number of benzene rings is 1. The van der Waals surface area contributed by atoms with Gasteiger partial charge in [0.2, 0.25) is 0 Å². The fourth-order valence-electron chi connectivity index (χ4n) is 2.85. The Hall–Kier alpha value is -1.26. The normalized spacial score (nSPS) is 17.3. The van der Waals surface area contributed by atoms with Crippen LogP contribution >= 0.6 is 11.6 Å². The number of rotatable bonds is 3. The zero-order chi connectivity index (χ0) is 14.9. The molecule has 4 nitrogen and oxygen atoms in total. The van der Waals surface area contributed by atoms with Gasteiger partial charge >= 0.3 is 0 Å². The molecule has 0 saturated carbocycles. The first-order chi connectivity index (χ1) is 9.29. The molecule has 1 fully saturated rings. The summed E-state index contributed by atoms with van der Waals surface area (Å²) in [4.78, 5) is 13.8. The van der Waals surface area contributed by atoms with Crippen molar-refractivity contribution in [2.24, 2.45) is 17.4 Å². The number of carbonyl (C=O) groups is 1. The number of hydrogen-bond acceptors (Lipinski definition) is 3. The SMILES string of the molecule is CC(C)(N)C1CCN(c2ccc(Cl)cc2C(N)=O)CC1. The quantitative estimate of drug-likeness (QED) is 0.899. The van der Waals surface area contributed by atoms with E-state index < -0.39 is 5.91 Å². The second-order valence-electron chi connectivity index (χ2n) is 6.11. The standard InChI is InChI=1S/C15H22ClN3O/c1-15(2,18)10-5-7-19(8-6-10)13-4-3-11(16)9-12(13)14(17)20/h3-4,9-10H,5-8,18H2,1-2H3,(H2,17,20). The lowest BCUT2D eigenvalue weighted by molar-refractivity contribution is 0.100. The highest BCUT2D eigenvalue weighted by Crippen LogP contribution is 2.31. The first-order valence-electron chi connectivity index (χ1n) is 6.92.